The van der Waals surface area contributed by atoms with Crippen LogP contribution in [-0.4, -0.2) is 25.5 Å². The highest BCUT2D eigenvalue weighted by molar-refractivity contribution is 7.89. The fourth-order valence-corrected chi connectivity index (χ4v) is 2.41. The molecule has 1 aromatic carbocycles. The van der Waals surface area contributed by atoms with Crippen molar-refractivity contribution < 1.29 is 13.2 Å². The number of hydrogen-bond donors (Lipinski definition) is 2. The number of methoxy groups -OCH3 is 1. The number of ether oxygens (including phenoxy) is 1. The second-order valence-electron chi connectivity index (χ2n) is 4.10. The molecule has 8 heteroatoms. The summed E-state index contributed by atoms with van der Waals surface area (Å²) in [7, 11) is -2.44. The normalized spacial score (nSPS) is 11.3. The summed E-state index contributed by atoms with van der Waals surface area (Å²) in [5, 5.41) is 4.75. The highest BCUT2D eigenvalue weighted by atomic mass is 32.2. The molecular formula is C12H13N3O4S. The van der Waals surface area contributed by atoms with Gasteiger partial charge in [0.1, 0.15) is 5.75 Å². The maximum Gasteiger partial charge on any atom is 0.266 e. The molecule has 20 heavy (non-hydrogen) atoms. The molecule has 2 aromatic rings. The molecule has 2 rings (SSSR count). The molecule has 0 amide bonds. The molecule has 0 aliphatic rings. The van der Waals surface area contributed by atoms with Crippen LogP contribution in [0.2, 0.25) is 0 Å². The lowest BCUT2D eigenvalue weighted by Gasteiger charge is -2.07. The Hall–Kier alpha value is -2.19. The van der Waals surface area contributed by atoms with Crippen LogP contribution in [0.4, 0.5) is 0 Å². The maximum atomic E-state index is 11.4. The van der Waals surface area contributed by atoms with E-state index in [9.17, 15) is 13.2 Å². The SMILES string of the molecule is COc1ccc(Cc2[nH]c(=O)cnc2S(N)(=O)=O)cc1. The lowest BCUT2D eigenvalue weighted by molar-refractivity contribution is 0.414. The van der Waals surface area contributed by atoms with Gasteiger partial charge in [-0.25, -0.2) is 18.5 Å². The number of nitrogens with zero attached hydrogens (tertiary/aromatic N) is 1. The van der Waals surface area contributed by atoms with E-state index >= 15 is 0 Å². The van der Waals surface area contributed by atoms with Crippen LogP contribution in [0.3, 0.4) is 0 Å². The summed E-state index contributed by atoms with van der Waals surface area (Å²) < 4.78 is 27.9. The van der Waals surface area contributed by atoms with Gasteiger partial charge in [0, 0.05) is 6.42 Å². The Balaban J connectivity index is 2.41. The quantitative estimate of drug-likeness (QED) is 0.825. The number of aromatic nitrogens is 2. The van der Waals surface area contributed by atoms with Gasteiger partial charge in [-0.1, -0.05) is 12.1 Å². The molecule has 106 valence electrons. The van der Waals surface area contributed by atoms with Gasteiger partial charge in [-0.05, 0) is 17.7 Å². The third kappa shape index (κ3) is 3.22. The van der Waals surface area contributed by atoms with Crippen LogP contribution in [0.1, 0.15) is 11.3 Å². The smallest absolute Gasteiger partial charge is 0.266 e. The number of nitrogens with two attached hydrogens (primary N) is 1. The van der Waals surface area contributed by atoms with Crippen LogP contribution >= 0.6 is 0 Å². The van der Waals surface area contributed by atoms with Gasteiger partial charge in [0.05, 0.1) is 19.0 Å². The molecule has 0 radical (unpaired) electrons. The monoisotopic (exact) mass is 295 g/mol. The Bertz CT molecular complexity index is 766. The van der Waals surface area contributed by atoms with Crippen molar-refractivity contribution in [3.63, 3.8) is 0 Å². The van der Waals surface area contributed by atoms with Crippen molar-refractivity contribution in [1.82, 2.24) is 9.97 Å². The summed E-state index contributed by atoms with van der Waals surface area (Å²) in [5.74, 6) is 0.681. The predicted molar refractivity (Wildman–Crippen MR) is 72.0 cm³/mol. The number of primary sulfonamides is 1. The van der Waals surface area contributed by atoms with Gasteiger partial charge < -0.3 is 9.72 Å². The highest BCUT2D eigenvalue weighted by Gasteiger charge is 2.17. The van der Waals surface area contributed by atoms with E-state index in [1.807, 2.05) is 0 Å². The van der Waals surface area contributed by atoms with Gasteiger partial charge in [0.2, 0.25) is 0 Å². The van der Waals surface area contributed by atoms with Crippen LogP contribution in [0, 0.1) is 0 Å². The summed E-state index contributed by atoms with van der Waals surface area (Å²) in [4.78, 5) is 17.3. The lowest BCUT2D eigenvalue weighted by atomic mass is 10.1. The second kappa shape index (κ2) is 5.43. The molecule has 1 aromatic heterocycles. The molecule has 1 heterocycles. The molecule has 7 nitrogen and oxygen atoms in total. The Kier molecular flexibility index (Phi) is 3.86. The largest absolute Gasteiger partial charge is 0.497 e. The molecule has 0 atom stereocenters. The number of H-pyrrole nitrogens is 1. The minimum atomic E-state index is -3.99. The summed E-state index contributed by atoms with van der Waals surface area (Å²) in [6.07, 6.45) is 1.08. The predicted octanol–water partition coefficient (Wildman–Crippen LogP) is 0.0167. The number of rotatable bonds is 4. The van der Waals surface area contributed by atoms with E-state index in [0.717, 1.165) is 11.8 Å². The van der Waals surface area contributed by atoms with E-state index in [1.165, 1.54) is 0 Å². The molecule has 0 spiro atoms. The first-order valence-electron chi connectivity index (χ1n) is 5.64. The standard InChI is InChI=1S/C12H13N3O4S/c1-19-9-4-2-8(3-5-9)6-10-12(20(13,17)18)14-7-11(16)15-10/h2-5,7H,6H2,1H3,(H,15,16)(H2,13,17,18). The first kappa shape index (κ1) is 14.2. The molecule has 0 bridgehead atoms. The van der Waals surface area contributed by atoms with Gasteiger partial charge in [-0.15, -0.1) is 0 Å². The van der Waals surface area contributed by atoms with Crippen molar-refractivity contribution in [2.75, 3.05) is 7.11 Å². The number of hydrogen-bond acceptors (Lipinski definition) is 5. The third-order valence-electron chi connectivity index (χ3n) is 2.64. The van der Waals surface area contributed by atoms with Crippen molar-refractivity contribution in [1.29, 1.82) is 0 Å². The minimum Gasteiger partial charge on any atom is -0.497 e. The minimum absolute atomic E-state index is 0.158. The fourth-order valence-electron chi connectivity index (χ4n) is 1.74. The molecule has 0 aliphatic heterocycles. The maximum absolute atomic E-state index is 11.4. The van der Waals surface area contributed by atoms with E-state index in [0.29, 0.717) is 5.75 Å². The fraction of sp³-hybridized carbons (Fsp3) is 0.167. The lowest BCUT2D eigenvalue weighted by Crippen LogP contribution is -2.21. The Labute approximate surface area is 115 Å². The van der Waals surface area contributed by atoms with Crippen LogP contribution in [-0.2, 0) is 16.4 Å². The highest BCUT2D eigenvalue weighted by Crippen LogP contribution is 2.16. The van der Waals surface area contributed by atoms with E-state index in [2.05, 4.69) is 9.97 Å². The van der Waals surface area contributed by atoms with Gasteiger partial charge in [0.15, 0.2) is 5.03 Å². The zero-order valence-electron chi connectivity index (χ0n) is 10.7. The van der Waals surface area contributed by atoms with Crippen molar-refractivity contribution in [3.05, 3.63) is 52.1 Å². The molecule has 3 N–H and O–H groups in total. The zero-order valence-corrected chi connectivity index (χ0v) is 11.5. The summed E-state index contributed by atoms with van der Waals surface area (Å²) >= 11 is 0. The van der Waals surface area contributed by atoms with Gasteiger partial charge in [-0.2, -0.15) is 0 Å². The van der Waals surface area contributed by atoms with Gasteiger partial charge in [0.25, 0.3) is 15.6 Å². The number of sulfonamides is 1. The van der Waals surface area contributed by atoms with E-state index in [-0.39, 0.29) is 17.1 Å². The average molecular weight is 295 g/mol. The molecule has 0 saturated carbocycles. The molecule has 0 saturated heterocycles. The van der Waals surface area contributed by atoms with Crippen LogP contribution in [0.15, 0.2) is 40.3 Å². The van der Waals surface area contributed by atoms with E-state index in [1.54, 1.807) is 31.4 Å². The van der Waals surface area contributed by atoms with Crippen molar-refractivity contribution in [3.8, 4) is 5.75 Å². The van der Waals surface area contributed by atoms with Crippen molar-refractivity contribution in [2.45, 2.75) is 11.4 Å². The second-order valence-corrected chi connectivity index (χ2v) is 5.58. The molecule has 0 unspecified atom stereocenters. The number of nitrogens with one attached hydrogen (secondary N) is 1. The Morgan fingerprint density at radius 2 is 1.95 bits per heavy atom. The van der Waals surface area contributed by atoms with Crippen molar-refractivity contribution in [2.24, 2.45) is 5.14 Å². The first-order chi connectivity index (χ1) is 9.40. The van der Waals surface area contributed by atoms with Crippen LogP contribution in [0.5, 0.6) is 5.75 Å². The topological polar surface area (TPSA) is 115 Å². The van der Waals surface area contributed by atoms with Crippen LogP contribution < -0.4 is 15.4 Å². The number of benzene rings is 1. The van der Waals surface area contributed by atoms with Crippen molar-refractivity contribution >= 4 is 10.0 Å². The molecular weight excluding hydrogens is 282 g/mol. The Morgan fingerprint density at radius 1 is 1.30 bits per heavy atom. The number of aromatic amines is 1. The third-order valence-corrected chi connectivity index (χ3v) is 3.53. The summed E-state index contributed by atoms with van der Waals surface area (Å²) in [6, 6.07) is 7.00. The molecule has 0 fully saturated rings. The van der Waals surface area contributed by atoms with Gasteiger partial charge in [-0.3, -0.25) is 4.79 Å². The van der Waals surface area contributed by atoms with E-state index < -0.39 is 15.6 Å². The summed E-state index contributed by atoms with van der Waals surface area (Å²) in [5.41, 5.74) is 0.463. The summed E-state index contributed by atoms with van der Waals surface area (Å²) in [6.45, 7) is 0. The first-order valence-corrected chi connectivity index (χ1v) is 7.18. The zero-order chi connectivity index (χ0) is 14.8. The Morgan fingerprint density at radius 3 is 2.50 bits per heavy atom. The average Bonchev–Trinajstić information content (AvgIpc) is 2.38. The van der Waals surface area contributed by atoms with E-state index in [4.69, 9.17) is 9.88 Å². The van der Waals surface area contributed by atoms with Crippen LogP contribution in [0.25, 0.3) is 0 Å². The molecule has 0 aliphatic carbocycles. The van der Waals surface area contributed by atoms with Gasteiger partial charge >= 0.3 is 0 Å².